The Balaban J connectivity index is 1.96. The molecule has 0 saturated heterocycles. The van der Waals surface area contributed by atoms with Crippen LogP contribution in [0.1, 0.15) is 26.3 Å². The minimum absolute atomic E-state index is 0.154. The number of aromatic amines is 1. The molecule has 1 aromatic heterocycles. The van der Waals surface area contributed by atoms with Gasteiger partial charge in [-0.15, -0.1) is 0 Å². The highest BCUT2D eigenvalue weighted by Crippen LogP contribution is 2.16. The molecule has 0 bridgehead atoms. The van der Waals surface area contributed by atoms with Crippen molar-refractivity contribution in [2.45, 2.75) is 0 Å². The number of nitrogens with zero attached hydrogens (tertiary/aromatic N) is 1. The van der Waals surface area contributed by atoms with Gasteiger partial charge in [0.25, 0.3) is 0 Å². The molecule has 0 unspecified atom stereocenters. The van der Waals surface area contributed by atoms with E-state index in [2.05, 4.69) is 9.97 Å². The summed E-state index contributed by atoms with van der Waals surface area (Å²) in [4.78, 5) is 30.1. The number of rotatable bonds is 3. The van der Waals surface area contributed by atoms with E-state index in [0.29, 0.717) is 11.1 Å². The second kappa shape index (κ2) is 4.62. The Kier molecular flexibility index (Phi) is 2.80. The lowest BCUT2D eigenvalue weighted by molar-refractivity contribution is 0.0696. The molecule has 3 aromatic rings. The number of carboxylic acids is 1. The first-order chi connectivity index (χ1) is 9.65. The van der Waals surface area contributed by atoms with Crippen molar-refractivity contribution in [1.29, 1.82) is 0 Å². The van der Waals surface area contributed by atoms with E-state index in [1.54, 1.807) is 24.5 Å². The third-order valence-corrected chi connectivity index (χ3v) is 3.08. The molecule has 3 rings (SSSR count). The fourth-order valence-electron chi connectivity index (χ4n) is 2.01. The number of fused-ring (bicyclic) bond motifs is 1. The molecule has 2 N–H and O–H groups in total. The molecule has 0 saturated carbocycles. The number of nitrogens with one attached hydrogen (secondary N) is 1. The highest BCUT2D eigenvalue weighted by molar-refractivity contribution is 6.10. The maximum absolute atomic E-state index is 12.3. The molecule has 2 aromatic carbocycles. The number of carbonyl (C=O) groups is 2. The van der Waals surface area contributed by atoms with Crippen LogP contribution in [0, 0.1) is 0 Å². The predicted molar refractivity (Wildman–Crippen MR) is 72.9 cm³/mol. The topological polar surface area (TPSA) is 83.0 Å². The van der Waals surface area contributed by atoms with E-state index >= 15 is 0 Å². The normalized spacial score (nSPS) is 10.6. The molecule has 20 heavy (non-hydrogen) atoms. The van der Waals surface area contributed by atoms with Crippen LogP contribution < -0.4 is 0 Å². The third kappa shape index (κ3) is 2.05. The highest BCUT2D eigenvalue weighted by Gasteiger charge is 2.11. The molecule has 0 atom stereocenters. The summed E-state index contributed by atoms with van der Waals surface area (Å²) in [7, 11) is 0. The number of H-pyrrole nitrogens is 1. The van der Waals surface area contributed by atoms with E-state index in [1.807, 2.05) is 0 Å². The second-order valence-electron chi connectivity index (χ2n) is 4.35. The summed E-state index contributed by atoms with van der Waals surface area (Å²) in [6.45, 7) is 0. The van der Waals surface area contributed by atoms with Gasteiger partial charge in [0.1, 0.15) is 0 Å². The number of benzene rings is 2. The summed E-state index contributed by atoms with van der Waals surface area (Å²) in [6, 6.07) is 11.1. The average Bonchev–Trinajstić information content (AvgIpc) is 2.94. The van der Waals surface area contributed by atoms with Crippen LogP contribution >= 0.6 is 0 Å². The Hall–Kier alpha value is -2.95. The number of imidazole rings is 1. The van der Waals surface area contributed by atoms with E-state index in [4.69, 9.17) is 5.11 Å². The lowest BCUT2D eigenvalue weighted by Crippen LogP contribution is -2.03. The fourth-order valence-corrected chi connectivity index (χ4v) is 2.01. The first kappa shape index (κ1) is 12.1. The number of hydrogen-bond donors (Lipinski definition) is 2. The van der Waals surface area contributed by atoms with Gasteiger partial charge in [-0.1, -0.05) is 12.1 Å². The van der Waals surface area contributed by atoms with Gasteiger partial charge in [0.2, 0.25) is 0 Å². The van der Waals surface area contributed by atoms with Crippen LogP contribution in [0.15, 0.2) is 48.8 Å². The van der Waals surface area contributed by atoms with Crippen LogP contribution in [-0.2, 0) is 0 Å². The Morgan fingerprint density at radius 3 is 2.30 bits per heavy atom. The van der Waals surface area contributed by atoms with Crippen molar-refractivity contribution >= 4 is 22.8 Å². The van der Waals surface area contributed by atoms with Crippen molar-refractivity contribution in [3.63, 3.8) is 0 Å². The summed E-state index contributed by atoms with van der Waals surface area (Å²) < 4.78 is 0. The zero-order chi connectivity index (χ0) is 14.1. The zero-order valence-corrected chi connectivity index (χ0v) is 10.3. The van der Waals surface area contributed by atoms with Gasteiger partial charge in [-0.05, 0) is 30.3 Å². The van der Waals surface area contributed by atoms with Crippen LogP contribution in [-0.4, -0.2) is 26.8 Å². The number of hydrogen-bond acceptors (Lipinski definition) is 3. The van der Waals surface area contributed by atoms with E-state index in [-0.39, 0.29) is 11.3 Å². The number of ketones is 1. The quantitative estimate of drug-likeness (QED) is 0.713. The van der Waals surface area contributed by atoms with Crippen molar-refractivity contribution in [3.05, 3.63) is 65.5 Å². The average molecular weight is 266 g/mol. The van der Waals surface area contributed by atoms with Crippen molar-refractivity contribution in [1.82, 2.24) is 9.97 Å². The van der Waals surface area contributed by atoms with Crippen molar-refractivity contribution in [2.75, 3.05) is 0 Å². The van der Waals surface area contributed by atoms with E-state index in [0.717, 1.165) is 11.0 Å². The maximum Gasteiger partial charge on any atom is 0.335 e. The van der Waals surface area contributed by atoms with Gasteiger partial charge in [0, 0.05) is 11.1 Å². The van der Waals surface area contributed by atoms with Crippen LogP contribution in [0.2, 0.25) is 0 Å². The summed E-state index contributed by atoms with van der Waals surface area (Å²) >= 11 is 0. The lowest BCUT2D eigenvalue weighted by Gasteiger charge is -2.02. The predicted octanol–water partition coefficient (Wildman–Crippen LogP) is 2.49. The van der Waals surface area contributed by atoms with Crippen molar-refractivity contribution in [3.8, 4) is 0 Å². The number of carboxylic acid groups (broad SMARTS) is 1. The molecule has 5 nitrogen and oxygen atoms in total. The van der Waals surface area contributed by atoms with Gasteiger partial charge < -0.3 is 10.1 Å². The van der Waals surface area contributed by atoms with Crippen molar-refractivity contribution < 1.29 is 14.7 Å². The van der Waals surface area contributed by atoms with E-state index in [9.17, 15) is 9.59 Å². The third-order valence-electron chi connectivity index (χ3n) is 3.08. The minimum atomic E-state index is -1.01. The number of aromatic nitrogens is 2. The van der Waals surface area contributed by atoms with Crippen LogP contribution in [0.5, 0.6) is 0 Å². The summed E-state index contributed by atoms with van der Waals surface area (Å²) in [6.07, 6.45) is 1.57. The second-order valence-corrected chi connectivity index (χ2v) is 4.35. The van der Waals surface area contributed by atoms with Crippen LogP contribution in [0.25, 0.3) is 11.0 Å². The molecule has 0 aliphatic rings. The lowest BCUT2D eigenvalue weighted by atomic mass is 10.0. The molecule has 1 heterocycles. The molecule has 0 aliphatic carbocycles. The van der Waals surface area contributed by atoms with Gasteiger partial charge in [-0.2, -0.15) is 0 Å². The zero-order valence-electron chi connectivity index (χ0n) is 10.3. The summed E-state index contributed by atoms with van der Waals surface area (Å²) in [5.74, 6) is -1.17. The monoisotopic (exact) mass is 266 g/mol. The van der Waals surface area contributed by atoms with Gasteiger partial charge in [0.15, 0.2) is 5.78 Å². The smallest absolute Gasteiger partial charge is 0.335 e. The Morgan fingerprint density at radius 1 is 0.950 bits per heavy atom. The maximum atomic E-state index is 12.3. The first-order valence-corrected chi connectivity index (χ1v) is 5.96. The van der Waals surface area contributed by atoms with Gasteiger partial charge in [0.05, 0.1) is 22.9 Å². The summed E-state index contributed by atoms with van der Waals surface area (Å²) in [5, 5.41) is 8.83. The largest absolute Gasteiger partial charge is 0.478 e. The Bertz CT molecular complexity index is 803. The van der Waals surface area contributed by atoms with E-state index < -0.39 is 5.97 Å². The Morgan fingerprint density at radius 2 is 1.60 bits per heavy atom. The standard InChI is InChI=1S/C15H10N2O3/c18-14(9-1-3-10(4-2-9)15(19)20)11-5-6-12-13(7-11)17-8-16-12/h1-8H,(H,16,17)(H,19,20). The molecule has 98 valence electrons. The molecular weight excluding hydrogens is 256 g/mol. The summed E-state index contributed by atoms with van der Waals surface area (Å²) in [5.41, 5.74) is 2.73. The molecule has 0 spiro atoms. The fraction of sp³-hybridized carbons (Fsp3) is 0. The molecule has 0 radical (unpaired) electrons. The molecule has 0 aliphatic heterocycles. The van der Waals surface area contributed by atoms with Crippen molar-refractivity contribution in [2.24, 2.45) is 0 Å². The SMILES string of the molecule is O=C(O)c1ccc(C(=O)c2ccc3nc[nH]c3c2)cc1. The minimum Gasteiger partial charge on any atom is -0.478 e. The molecular formula is C15H10N2O3. The van der Waals surface area contributed by atoms with E-state index in [1.165, 1.54) is 24.3 Å². The van der Waals surface area contributed by atoms with Crippen LogP contribution in [0.4, 0.5) is 0 Å². The van der Waals surface area contributed by atoms with Gasteiger partial charge in [-0.25, -0.2) is 9.78 Å². The van der Waals surface area contributed by atoms with Gasteiger partial charge in [-0.3, -0.25) is 4.79 Å². The van der Waals surface area contributed by atoms with Gasteiger partial charge >= 0.3 is 5.97 Å². The van der Waals surface area contributed by atoms with Crippen LogP contribution in [0.3, 0.4) is 0 Å². The Labute approximate surface area is 113 Å². The molecule has 0 fully saturated rings. The number of aromatic carboxylic acids is 1. The first-order valence-electron chi connectivity index (χ1n) is 5.96. The molecule has 0 amide bonds. The molecule has 5 heteroatoms. The highest BCUT2D eigenvalue weighted by atomic mass is 16.4. The number of carbonyl (C=O) groups excluding carboxylic acids is 1.